The van der Waals surface area contributed by atoms with E-state index in [1.807, 2.05) is 6.20 Å². The van der Waals surface area contributed by atoms with Gasteiger partial charge in [0, 0.05) is 39.5 Å². The minimum Gasteiger partial charge on any atom is -0.380 e. The van der Waals surface area contributed by atoms with Crippen LogP contribution in [0.4, 0.5) is 5.69 Å². The van der Waals surface area contributed by atoms with E-state index in [4.69, 9.17) is 11.6 Å². The molecular formula is C28H29ClN2. The van der Waals surface area contributed by atoms with Crippen molar-refractivity contribution in [2.24, 2.45) is 0 Å². The number of benzene rings is 3. The maximum absolute atomic E-state index is 7.29. The van der Waals surface area contributed by atoms with Gasteiger partial charge in [0.2, 0.25) is 0 Å². The van der Waals surface area contributed by atoms with Crippen molar-refractivity contribution in [3.63, 3.8) is 0 Å². The van der Waals surface area contributed by atoms with Crippen LogP contribution in [0.3, 0.4) is 0 Å². The highest BCUT2D eigenvalue weighted by molar-refractivity contribution is 6.35. The van der Waals surface area contributed by atoms with E-state index in [1.165, 1.54) is 27.8 Å². The van der Waals surface area contributed by atoms with Crippen LogP contribution in [0.2, 0.25) is 5.02 Å². The Kier molecular flexibility index (Phi) is 4.67. The van der Waals surface area contributed by atoms with Crippen molar-refractivity contribution in [1.29, 1.82) is 0 Å². The second-order valence-corrected chi connectivity index (χ2v) is 10.3. The molecule has 0 saturated carbocycles. The highest BCUT2D eigenvalue weighted by atomic mass is 35.5. The summed E-state index contributed by atoms with van der Waals surface area (Å²) in [5.41, 5.74) is 8.34. The molecule has 5 rings (SSSR count). The number of aromatic nitrogens is 1. The summed E-state index contributed by atoms with van der Waals surface area (Å²) >= 11 is 7.29. The fraction of sp³-hybridized carbons (Fsp3) is 0.286. The van der Waals surface area contributed by atoms with Crippen molar-refractivity contribution in [3.05, 3.63) is 88.6 Å². The fourth-order valence-corrected chi connectivity index (χ4v) is 6.15. The molecule has 158 valence electrons. The van der Waals surface area contributed by atoms with Crippen LogP contribution in [-0.2, 0) is 11.8 Å². The van der Waals surface area contributed by atoms with Crippen LogP contribution in [0.15, 0.2) is 66.9 Å². The molecule has 0 bridgehead atoms. The predicted octanol–water partition coefficient (Wildman–Crippen LogP) is 7.89. The first kappa shape index (κ1) is 20.2. The summed E-state index contributed by atoms with van der Waals surface area (Å²) in [4.78, 5) is 3.41. The average molecular weight is 429 g/mol. The first-order valence-electron chi connectivity index (χ1n) is 11.0. The van der Waals surface area contributed by atoms with Gasteiger partial charge >= 0.3 is 0 Å². The molecule has 0 aliphatic carbocycles. The van der Waals surface area contributed by atoms with Crippen molar-refractivity contribution in [2.45, 2.75) is 51.5 Å². The van der Waals surface area contributed by atoms with E-state index in [0.717, 1.165) is 34.5 Å². The van der Waals surface area contributed by atoms with Gasteiger partial charge < -0.3 is 10.3 Å². The Labute approximate surface area is 189 Å². The molecule has 0 radical (unpaired) electrons. The van der Waals surface area contributed by atoms with Crippen molar-refractivity contribution in [2.75, 3.05) is 5.32 Å². The second-order valence-electron chi connectivity index (χ2n) is 9.96. The Morgan fingerprint density at radius 1 is 0.935 bits per heavy atom. The zero-order valence-electron chi connectivity index (χ0n) is 18.6. The quantitative estimate of drug-likeness (QED) is 0.341. The first-order chi connectivity index (χ1) is 14.8. The molecule has 0 fully saturated rings. The number of anilines is 1. The zero-order chi connectivity index (χ0) is 21.8. The molecule has 3 aromatic carbocycles. The highest BCUT2D eigenvalue weighted by Crippen LogP contribution is 2.52. The average Bonchev–Trinajstić information content (AvgIpc) is 3.19. The number of fused-ring (bicyclic) bond motifs is 2. The SMILES string of the molecule is Cc1cc(-c2cccc3cc[nH]c23)c(Cl)c2c1NC(C)(C)CC2(C)Cc1ccccc1. The van der Waals surface area contributed by atoms with Gasteiger partial charge in [-0.25, -0.2) is 0 Å². The summed E-state index contributed by atoms with van der Waals surface area (Å²) < 4.78 is 0. The lowest BCUT2D eigenvalue weighted by molar-refractivity contribution is 0.328. The van der Waals surface area contributed by atoms with Gasteiger partial charge in [-0.05, 0) is 62.3 Å². The van der Waals surface area contributed by atoms with Crippen LogP contribution < -0.4 is 5.32 Å². The Balaban J connectivity index is 1.75. The van der Waals surface area contributed by atoms with Crippen molar-refractivity contribution >= 4 is 28.2 Å². The number of nitrogens with one attached hydrogen (secondary N) is 2. The van der Waals surface area contributed by atoms with Crippen molar-refractivity contribution in [3.8, 4) is 11.1 Å². The topological polar surface area (TPSA) is 27.8 Å². The molecule has 1 aliphatic rings. The maximum Gasteiger partial charge on any atom is 0.0543 e. The summed E-state index contributed by atoms with van der Waals surface area (Å²) in [6, 6.07) is 21.6. The molecule has 1 aliphatic heterocycles. The van der Waals surface area contributed by atoms with Gasteiger partial charge in [0.25, 0.3) is 0 Å². The number of aromatic amines is 1. The summed E-state index contributed by atoms with van der Waals surface area (Å²) in [6.07, 6.45) is 3.97. The van der Waals surface area contributed by atoms with E-state index < -0.39 is 0 Å². The van der Waals surface area contributed by atoms with Crippen LogP contribution in [-0.4, -0.2) is 10.5 Å². The van der Waals surface area contributed by atoms with Gasteiger partial charge in [-0.15, -0.1) is 0 Å². The standard InChI is InChI=1S/C28H29ClN2/c1-18-15-22(21-12-8-11-20-13-14-30-26(20)21)24(29)23-25(18)31-27(2,3)17-28(23,4)16-19-9-6-5-7-10-19/h5-15,30-31H,16-17H2,1-4H3. The summed E-state index contributed by atoms with van der Waals surface area (Å²) in [5.74, 6) is 0. The first-order valence-corrected chi connectivity index (χ1v) is 11.4. The van der Waals surface area contributed by atoms with Gasteiger partial charge in [-0.3, -0.25) is 0 Å². The van der Waals surface area contributed by atoms with E-state index in [0.29, 0.717) is 0 Å². The van der Waals surface area contributed by atoms with Gasteiger partial charge in [0.15, 0.2) is 0 Å². The van der Waals surface area contributed by atoms with Crippen LogP contribution in [0.1, 0.15) is 43.9 Å². The van der Waals surface area contributed by atoms with Crippen LogP contribution in [0.5, 0.6) is 0 Å². The molecule has 2 heterocycles. The monoisotopic (exact) mass is 428 g/mol. The summed E-state index contributed by atoms with van der Waals surface area (Å²) in [7, 11) is 0. The van der Waals surface area contributed by atoms with Crippen molar-refractivity contribution in [1.82, 2.24) is 4.98 Å². The van der Waals surface area contributed by atoms with Gasteiger partial charge in [-0.1, -0.05) is 67.1 Å². The fourth-order valence-electron chi connectivity index (χ4n) is 5.67. The molecule has 1 atom stereocenters. The number of hydrogen-bond donors (Lipinski definition) is 2. The van der Waals surface area contributed by atoms with E-state index >= 15 is 0 Å². The largest absolute Gasteiger partial charge is 0.380 e. The number of halogens is 1. The van der Waals surface area contributed by atoms with Gasteiger partial charge in [0.05, 0.1) is 10.5 Å². The van der Waals surface area contributed by atoms with Crippen LogP contribution in [0, 0.1) is 6.92 Å². The summed E-state index contributed by atoms with van der Waals surface area (Å²) in [5, 5.41) is 5.87. The van der Waals surface area contributed by atoms with Crippen molar-refractivity contribution < 1.29 is 0 Å². The third kappa shape index (κ3) is 3.43. The lowest BCUT2D eigenvalue weighted by Crippen LogP contribution is -2.46. The number of hydrogen-bond acceptors (Lipinski definition) is 1. The molecule has 1 aromatic heterocycles. The Morgan fingerprint density at radius 2 is 1.71 bits per heavy atom. The lowest BCUT2D eigenvalue weighted by atomic mass is 9.66. The Bertz CT molecular complexity index is 1270. The second kappa shape index (κ2) is 7.17. The molecule has 0 saturated heterocycles. The predicted molar refractivity (Wildman–Crippen MR) is 133 cm³/mol. The van der Waals surface area contributed by atoms with Gasteiger partial charge in [0.1, 0.15) is 0 Å². The normalized spacial score (nSPS) is 19.8. The molecule has 2 nitrogen and oxygen atoms in total. The molecule has 0 spiro atoms. The number of para-hydroxylation sites is 1. The third-order valence-corrected chi connectivity index (χ3v) is 7.07. The molecule has 0 amide bonds. The maximum atomic E-state index is 7.29. The highest BCUT2D eigenvalue weighted by Gasteiger charge is 2.43. The van der Waals surface area contributed by atoms with Gasteiger partial charge in [-0.2, -0.15) is 0 Å². The number of H-pyrrole nitrogens is 1. The molecule has 3 heteroatoms. The number of aryl methyl sites for hydroxylation is 1. The van der Waals surface area contributed by atoms with E-state index in [1.54, 1.807) is 0 Å². The third-order valence-electron chi connectivity index (χ3n) is 6.67. The molecule has 31 heavy (non-hydrogen) atoms. The number of rotatable bonds is 3. The van der Waals surface area contributed by atoms with Crippen LogP contribution in [0.25, 0.3) is 22.0 Å². The lowest BCUT2D eigenvalue weighted by Gasteiger charge is -2.47. The minimum atomic E-state index is -0.0765. The minimum absolute atomic E-state index is 0.00833. The summed E-state index contributed by atoms with van der Waals surface area (Å²) in [6.45, 7) is 9.16. The van der Waals surface area contributed by atoms with E-state index in [2.05, 4.69) is 98.7 Å². The molecule has 1 unspecified atom stereocenters. The Hall–Kier alpha value is -2.71. The molecule has 4 aromatic rings. The Morgan fingerprint density at radius 3 is 2.48 bits per heavy atom. The molecular weight excluding hydrogens is 400 g/mol. The van der Waals surface area contributed by atoms with E-state index in [9.17, 15) is 0 Å². The molecule has 2 N–H and O–H groups in total. The smallest absolute Gasteiger partial charge is 0.0543 e. The van der Waals surface area contributed by atoms with E-state index in [-0.39, 0.29) is 11.0 Å². The van der Waals surface area contributed by atoms with Crippen LogP contribution >= 0.6 is 11.6 Å². The zero-order valence-corrected chi connectivity index (χ0v) is 19.4.